The van der Waals surface area contributed by atoms with Crippen LogP contribution in [0.4, 0.5) is 10.1 Å². The maximum absolute atomic E-state index is 13.3. The van der Waals surface area contributed by atoms with Crippen molar-refractivity contribution in [2.45, 2.75) is 5.54 Å². The third kappa shape index (κ3) is 2.62. The molecule has 1 aromatic rings. The molecule has 3 rings (SSSR count). The van der Waals surface area contributed by atoms with Crippen molar-refractivity contribution in [3.63, 3.8) is 0 Å². The Kier molecular flexibility index (Phi) is 3.50. The minimum Gasteiger partial charge on any atom is -0.355 e. The van der Waals surface area contributed by atoms with E-state index < -0.39 is 16.3 Å². The molecule has 6 nitrogen and oxygen atoms in total. The fourth-order valence-electron chi connectivity index (χ4n) is 2.40. The molecule has 0 aromatic heterocycles. The second kappa shape index (κ2) is 5.50. The minimum absolute atomic E-state index is 0.394. The van der Waals surface area contributed by atoms with Gasteiger partial charge in [-0.2, -0.15) is 5.26 Å². The van der Waals surface area contributed by atoms with Crippen LogP contribution in [0.5, 0.6) is 0 Å². The molecule has 0 fully saturated rings. The van der Waals surface area contributed by atoms with Crippen LogP contribution in [-0.4, -0.2) is 22.7 Å². The Morgan fingerprint density at radius 1 is 1.48 bits per heavy atom. The number of nitro groups is 1. The zero-order valence-electron chi connectivity index (χ0n) is 11.9. The van der Waals surface area contributed by atoms with Gasteiger partial charge in [0.2, 0.25) is 0 Å². The number of benzene rings is 1. The summed E-state index contributed by atoms with van der Waals surface area (Å²) in [7, 11) is 0. The van der Waals surface area contributed by atoms with Crippen LogP contribution in [0.3, 0.4) is 0 Å². The first-order valence-corrected chi connectivity index (χ1v) is 6.80. The van der Waals surface area contributed by atoms with Gasteiger partial charge >= 0.3 is 5.54 Å². The Morgan fingerprint density at radius 3 is 3.00 bits per heavy atom. The predicted molar refractivity (Wildman–Crippen MR) is 83.0 cm³/mol. The number of nitrogens with one attached hydrogen (secondary N) is 1. The summed E-state index contributed by atoms with van der Waals surface area (Å²) in [5.41, 5.74) is 0.164. The Labute approximate surface area is 131 Å². The summed E-state index contributed by atoms with van der Waals surface area (Å²) in [6.45, 7) is 0.396. The second-order valence-electron chi connectivity index (χ2n) is 5.06. The number of rotatable bonds is 3. The number of nitrogens with zero attached hydrogens (tertiary/aromatic N) is 3. The first-order chi connectivity index (χ1) is 11.0. The molecule has 1 N–H and O–H groups in total. The zero-order valence-corrected chi connectivity index (χ0v) is 11.9. The van der Waals surface area contributed by atoms with Crippen molar-refractivity contribution < 1.29 is 9.31 Å². The Hall–Kier alpha value is -3.27. The molecular formula is C16H11FN4O2. The number of halogens is 1. The van der Waals surface area contributed by atoms with Crippen molar-refractivity contribution in [2.75, 3.05) is 11.9 Å². The normalized spacial score (nSPS) is 22.2. The second-order valence-corrected chi connectivity index (χ2v) is 5.06. The summed E-state index contributed by atoms with van der Waals surface area (Å²) in [6, 6.07) is 7.59. The van der Waals surface area contributed by atoms with Gasteiger partial charge in [0.25, 0.3) is 0 Å². The summed E-state index contributed by atoms with van der Waals surface area (Å²) in [5.74, 6) is -0.394. The summed E-state index contributed by atoms with van der Waals surface area (Å²) >= 11 is 0. The van der Waals surface area contributed by atoms with Gasteiger partial charge in [0.15, 0.2) is 6.07 Å². The van der Waals surface area contributed by atoms with Crippen molar-refractivity contribution in [1.82, 2.24) is 0 Å². The number of hydrogen-bond acceptors (Lipinski definition) is 5. The van der Waals surface area contributed by atoms with Crippen molar-refractivity contribution in [2.24, 2.45) is 4.99 Å². The first kappa shape index (κ1) is 14.7. The lowest BCUT2D eigenvalue weighted by Gasteiger charge is -2.23. The van der Waals surface area contributed by atoms with Crippen LogP contribution >= 0.6 is 0 Å². The van der Waals surface area contributed by atoms with Gasteiger partial charge in [0, 0.05) is 29.1 Å². The molecule has 0 amide bonds. The van der Waals surface area contributed by atoms with Crippen LogP contribution in [-0.2, 0) is 0 Å². The van der Waals surface area contributed by atoms with Gasteiger partial charge in [-0.05, 0) is 30.4 Å². The van der Waals surface area contributed by atoms with Gasteiger partial charge in [-0.15, -0.1) is 0 Å². The Morgan fingerprint density at radius 2 is 2.30 bits per heavy atom. The van der Waals surface area contributed by atoms with E-state index >= 15 is 0 Å². The summed E-state index contributed by atoms with van der Waals surface area (Å²) < 4.78 is 13.3. The molecule has 1 aliphatic carbocycles. The molecule has 0 spiro atoms. The standard InChI is InChI=1S/C16H11FN4O2/c17-11-2-1-3-12(8-11)20-15-5-7-19-14-4-6-16(10-18,21(22)23)9-13(14)15/h1-6,8-9,20H,7H2. The molecule has 0 bridgehead atoms. The topological polar surface area (TPSA) is 91.3 Å². The Balaban J connectivity index is 1.98. The largest absolute Gasteiger partial charge is 0.355 e. The number of anilines is 1. The highest BCUT2D eigenvalue weighted by atomic mass is 19.1. The van der Waals surface area contributed by atoms with E-state index in [1.807, 2.05) is 0 Å². The molecule has 0 radical (unpaired) electrons. The highest BCUT2D eigenvalue weighted by molar-refractivity contribution is 6.13. The lowest BCUT2D eigenvalue weighted by atomic mass is 9.87. The highest BCUT2D eigenvalue weighted by Gasteiger charge is 2.42. The summed E-state index contributed by atoms with van der Waals surface area (Å²) in [6.07, 6.45) is 5.70. The van der Waals surface area contributed by atoms with Crippen molar-refractivity contribution in [1.29, 1.82) is 5.26 Å². The predicted octanol–water partition coefficient (Wildman–Crippen LogP) is 2.61. The van der Waals surface area contributed by atoms with Gasteiger partial charge in [-0.3, -0.25) is 15.1 Å². The summed E-state index contributed by atoms with van der Waals surface area (Å²) in [5, 5.41) is 23.5. The van der Waals surface area contributed by atoms with E-state index in [4.69, 9.17) is 0 Å². The zero-order chi connectivity index (χ0) is 16.4. The van der Waals surface area contributed by atoms with E-state index in [0.29, 0.717) is 29.2 Å². The molecule has 2 aliphatic rings. The van der Waals surface area contributed by atoms with Crippen LogP contribution in [0.15, 0.2) is 64.8 Å². The number of hydrogen-bond donors (Lipinski definition) is 1. The minimum atomic E-state index is -1.92. The monoisotopic (exact) mass is 310 g/mol. The van der Waals surface area contributed by atoms with Crippen molar-refractivity contribution in [3.8, 4) is 6.07 Å². The molecule has 1 aliphatic heterocycles. The maximum Gasteiger partial charge on any atom is 0.343 e. The van der Waals surface area contributed by atoms with Gasteiger partial charge in [-0.1, -0.05) is 6.07 Å². The number of dihydropyridines is 1. The van der Waals surface area contributed by atoms with Crippen LogP contribution in [0.25, 0.3) is 0 Å². The molecule has 23 heavy (non-hydrogen) atoms. The van der Waals surface area contributed by atoms with E-state index in [9.17, 15) is 19.8 Å². The summed E-state index contributed by atoms with van der Waals surface area (Å²) in [4.78, 5) is 14.9. The maximum atomic E-state index is 13.3. The van der Waals surface area contributed by atoms with Gasteiger partial charge in [-0.25, -0.2) is 4.39 Å². The van der Waals surface area contributed by atoms with E-state index in [-0.39, 0.29) is 0 Å². The SMILES string of the molecule is N#CC1([N+](=O)[O-])C=CC2=NCC=C(Nc3cccc(F)c3)C2=C1. The van der Waals surface area contributed by atoms with Crippen molar-refractivity contribution >= 4 is 11.4 Å². The van der Waals surface area contributed by atoms with Crippen LogP contribution in [0, 0.1) is 27.3 Å². The molecule has 7 heteroatoms. The molecule has 1 heterocycles. The number of aliphatic imine (C=N–C) groups is 1. The molecule has 114 valence electrons. The van der Waals surface area contributed by atoms with Crippen molar-refractivity contribution in [3.05, 3.63) is 75.8 Å². The molecule has 1 atom stereocenters. The van der Waals surface area contributed by atoms with E-state index in [1.54, 1.807) is 24.3 Å². The fourth-order valence-corrected chi connectivity index (χ4v) is 2.40. The van der Waals surface area contributed by atoms with Gasteiger partial charge in [0.05, 0.1) is 17.2 Å². The quantitative estimate of drug-likeness (QED) is 0.686. The van der Waals surface area contributed by atoms with Crippen LogP contribution in [0.2, 0.25) is 0 Å². The van der Waals surface area contributed by atoms with Gasteiger partial charge < -0.3 is 5.32 Å². The number of nitriles is 1. The van der Waals surface area contributed by atoms with E-state index in [2.05, 4.69) is 10.3 Å². The fraction of sp³-hybridized carbons (Fsp3) is 0.125. The van der Waals surface area contributed by atoms with Crippen LogP contribution in [0.1, 0.15) is 0 Å². The van der Waals surface area contributed by atoms with Gasteiger partial charge in [0.1, 0.15) is 5.82 Å². The Bertz CT molecular complexity index is 848. The average Bonchev–Trinajstić information content (AvgIpc) is 2.54. The third-order valence-corrected chi connectivity index (χ3v) is 3.57. The van der Waals surface area contributed by atoms with E-state index in [0.717, 1.165) is 0 Å². The number of allylic oxidation sites excluding steroid dienone is 2. The molecule has 0 saturated carbocycles. The highest BCUT2D eigenvalue weighted by Crippen LogP contribution is 2.29. The molecule has 1 aromatic carbocycles. The molecular weight excluding hydrogens is 299 g/mol. The third-order valence-electron chi connectivity index (χ3n) is 3.57. The number of fused-ring (bicyclic) bond motifs is 1. The lowest BCUT2D eigenvalue weighted by molar-refractivity contribution is -0.523. The average molecular weight is 310 g/mol. The van der Waals surface area contributed by atoms with E-state index in [1.165, 1.54) is 30.4 Å². The molecule has 0 saturated heterocycles. The molecule has 1 unspecified atom stereocenters. The lowest BCUT2D eigenvalue weighted by Crippen LogP contribution is -2.36. The first-order valence-electron chi connectivity index (χ1n) is 6.80. The van der Waals surface area contributed by atoms with Crippen LogP contribution < -0.4 is 5.32 Å². The smallest absolute Gasteiger partial charge is 0.343 e.